The van der Waals surface area contributed by atoms with Gasteiger partial charge in [0.2, 0.25) is 0 Å². The Morgan fingerprint density at radius 2 is 0.647 bits per heavy atom. The molecule has 0 saturated carbocycles. The Kier molecular flexibility index (Phi) is 22.0. The molecular formula is C126H85Br6NO6. The minimum atomic E-state index is -0.406. The second-order valence-electron chi connectivity index (χ2n) is 35.1. The summed E-state index contributed by atoms with van der Waals surface area (Å²) in [5, 5.41) is 13.0. The van der Waals surface area contributed by atoms with Crippen molar-refractivity contribution in [3.05, 3.63) is 468 Å². The molecule has 0 fully saturated rings. The average Bonchev–Trinajstić information content (AvgIpc) is 1.71. The van der Waals surface area contributed by atoms with Crippen LogP contribution in [0.25, 0.3) is 221 Å². The molecule has 26 aromatic rings. The van der Waals surface area contributed by atoms with E-state index in [0.717, 1.165) is 126 Å². The molecule has 7 nitrogen and oxygen atoms in total. The van der Waals surface area contributed by atoms with Gasteiger partial charge >= 0.3 is 0 Å². The summed E-state index contributed by atoms with van der Waals surface area (Å²) in [5.41, 5.74) is 30.6. The highest BCUT2D eigenvalue weighted by atomic mass is 79.9. The van der Waals surface area contributed by atoms with Crippen molar-refractivity contribution >= 4 is 227 Å². The fourth-order valence-corrected chi connectivity index (χ4v) is 20.3. The summed E-state index contributed by atoms with van der Waals surface area (Å²) in [4.78, 5) is 4.27. The van der Waals surface area contributed by atoms with Crippen molar-refractivity contribution in [1.82, 2.24) is 4.98 Å². The number of hydrogen-bond acceptors (Lipinski definition) is 7. The van der Waals surface area contributed by atoms with Crippen molar-refractivity contribution in [1.29, 1.82) is 0 Å². The van der Waals surface area contributed by atoms with E-state index in [0.29, 0.717) is 27.9 Å². The number of furan rings is 6. The van der Waals surface area contributed by atoms with Gasteiger partial charge in [0, 0.05) is 121 Å². The first-order valence-corrected chi connectivity index (χ1v) is 50.0. The van der Waals surface area contributed by atoms with Crippen molar-refractivity contribution in [2.24, 2.45) is 0 Å². The first kappa shape index (κ1) is 79.0. The monoisotopic (exact) mass is 2190 g/mol. The van der Waals surface area contributed by atoms with Crippen LogP contribution in [0.4, 0.5) is 0 Å². The zero-order chi connectivity index (χ0) is 103. The van der Waals surface area contributed by atoms with Crippen LogP contribution in [-0.2, 0) is 18.3 Å². The Hall–Kier alpha value is -14.0. The zero-order valence-electron chi connectivity index (χ0n) is 85.1. The summed E-state index contributed by atoms with van der Waals surface area (Å²) >= 11 is 21.0. The molecule has 139 heavy (non-hydrogen) atoms. The normalized spacial score (nSPS) is 12.8. The molecule has 27 rings (SSSR count). The third kappa shape index (κ3) is 18.4. The second kappa shape index (κ2) is 38.8. The Morgan fingerprint density at radius 1 is 0.245 bits per heavy atom. The van der Waals surface area contributed by atoms with E-state index in [1.807, 2.05) is 134 Å². The summed E-state index contributed by atoms with van der Waals surface area (Å²) in [6.07, 6.45) is 6.07. The van der Waals surface area contributed by atoms with Crippen LogP contribution in [-0.4, -0.2) is 4.98 Å². The fourth-order valence-electron chi connectivity index (χ4n) is 18.4. The number of fused-ring (bicyclic) bond motifs is 19. The van der Waals surface area contributed by atoms with Crippen LogP contribution in [0.15, 0.2) is 472 Å². The van der Waals surface area contributed by atoms with Crippen LogP contribution in [0.3, 0.4) is 0 Å². The maximum atomic E-state index is 8.38. The van der Waals surface area contributed by atoms with Crippen molar-refractivity contribution < 1.29 is 40.2 Å². The second-order valence-corrected chi connectivity index (χ2v) is 40.5. The first-order chi connectivity index (χ1) is 72.0. The SMILES string of the molecule is Brc1ccc(-c2ccc(-c3ccc4c(c3)CC4)c3oc4ccccc4c23)cc1.Brc1ccc(-c2cccc3oc4ccccc4c23)cc1.CC(C)(C)c1ccc2oc3ccc(-c4cncc(Br)c4)cc3c2c1.Cc1cc(-c2ccc(Br)cc2)c2c(c1)oc1ccccc12.[2H]c1c([2H])c([2H])c(-c2cc(-c3ccc(Br)cc3)c3c(c2)oc2ccccc23)c([2H])c1[2H].[2H]c1c([2H])c([2H])c(-c2ccc(Br)c3c2oc2ccccc23)c([2H])c1[2H]. The lowest BCUT2D eigenvalue weighted by Crippen LogP contribution is -2.10. The van der Waals surface area contributed by atoms with E-state index in [4.69, 9.17) is 40.2 Å². The summed E-state index contributed by atoms with van der Waals surface area (Å²) in [5.74, 6) is 0. The van der Waals surface area contributed by atoms with Crippen LogP contribution in [0.2, 0.25) is 0 Å². The van der Waals surface area contributed by atoms with E-state index in [1.54, 1.807) is 24.4 Å². The molecule has 0 bridgehead atoms. The molecule has 0 radical (unpaired) electrons. The predicted octanol–water partition coefficient (Wildman–Crippen LogP) is 40.5. The number of aryl methyl sites for hydroxylation is 3. The summed E-state index contributed by atoms with van der Waals surface area (Å²) < 4.78 is 123. The van der Waals surface area contributed by atoms with Crippen LogP contribution in [0, 0.1) is 6.92 Å². The van der Waals surface area contributed by atoms with Gasteiger partial charge < -0.3 is 26.5 Å². The van der Waals surface area contributed by atoms with Crippen LogP contribution >= 0.6 is 95.6 Å². The minimum Gasteiger partial charge on any atom is -0.456 e. The van der Waals surface area contributed by atoms with Crippen LogP contribution in [0.1, 0.15) is 56.7 Å². The highest BCUT2D eigenvalue weighted by Gasteiger charge is 2.24. The highest BCUT2D eigenvalue weighted by molar-refractivity contribution is 9.11. The Bertz CT molecular complexity index is 9760. The van der Waals surface area contributed by atoms with Gasteiger partial charge in [0.1, 0.15) is 67.0 Å². The molecular weight excluding hydrogens is 2100 g/mol. The van der Waals surface area contributed by atoms with Gasteiger partial charge in [-0.25, -0.2) is 0 Å². The molecule has 1 aliphatic rings. The molecule has 13 heteroatoms. The molecule has 672 valence electrons. The average molecular weight is 2200 g/mol. The van der Waals surface area contributed by atoms with Gasteiger partial charge in [0.25, 0.3) is 0 Å². The Labute approximate surface area is 867 Å². The molecule has 0 unspecified atom stereocenters. The van der Waals surface area contributed by atoms with Crippen LogP contribution < -0.4 is 0 Å². The number of benzene rings is 19. The number of rotatable bonds is 8. The third-order valence-electron chi connectivity index (χ3n) is 25.2. The van der Waals surface area contributed by atoms with Gasteiger partial charge in [-0.3, -0.25) is 4.98 Å². The standard InChI is InChI=1S/C26H17BrO.C24H15BrO.C21H18BrNO.C19H13BrO.2C18H11BrO/c27-20-11-9-17(10-12-20)21-13-14-22(19-8-6-16-5-7-18(16)15-19)26-25(21)23-3-1-2-4-24(23)28-26;25-19-12-10-17(11-13-19)21-14-18(16-6-2-1-3-7-16)15-23-24(21)20-8-4-5-9-22(20)26-23;1-21(2,3)15-5-7-20-18(10-15)17-9-13(4-6-19(17)24-20)14-8-16(22)12-23-11-14;1-12-10-16(13-6-8-14(20)9-7-13)19-15-4-2-3-5-17(15)21-18(19)11-12;19-13-10-8-12(9-11-13)14-5-3-7-17-18(14)15-4-1-2-6-16(15)20-17;19-15-11-10-13(12-6-2-1-3-7-12)18-17(15)14-8-4-5-9-16(14)20-18/h1-4,6,8-15H,5,7H2;1-15H;4-12H,1-3H3;2-11H,1H3;2*1-11H/i;1D,2D,3D,6D,7D;;;;1D,2D,3D,6D,7D. The van der Waals surface area contributed by atoms with E-state index in [1.165, 1.54) is 117 Å². The number of para-hydroxylation sites is 5. The third-order valence-corrected chi connectivity index (χ3v) is 28.4. The van der Waals surface area contributed by atoms with Crippen molar-refractivity contribution in [3.63, 3.8) is 0 Å². The van der Waals surface area contributed by atoms with E-state index in [9.17, 15) is 0 Å². The molecule has 0 aliphatic heterocycles. The smallest absolute Gasteiger partial charge is 0.144 e. The largest absolute Gasteiger partial charge is 0.456 e. The topological polar surface area (TPSA) is 91.7 Å². The van der Waals surface area contributed by atoms with Crippen molar-refractivity contribution in [2.75, 3.05) is 0 Å². The molecule has 0 atom stereocenters. The lowest BCUT2D eigenvalue weighted by atomic mass is 9.85. The summed E-state index contributed by atoms with van der Waals surface area (Å²) in [6.45, 7) is 8.80. The van der Waals surface area contributed by atoms with E-state index >= 15 is 0 Å². The van der Waals surface area contributed by atoms with Gasteiger partial charge in [0.15, 0.2) is 0 Å². The lowest BCUT2D eigenvalue weighted by molar-refractivity contribution is 0.590. The quantitative estimate of drug-likeness (QED) is 0.150. The zero-order valence-corrected chi connectivity index (χ0v) is 84.7. The highest BCUT2D eigenvalue weighted by Crippen LogP contribution is 2.48. The van der Waals surface area contributed by atoms with Crippen LogP contribution in [0.5, 0.6) is 0 Å². The van der Waals surface area contributed by atoms with E-state index < -0.39 is 12.1 Å². The van der Waals surface area contributed by atoms with E-state index in [2.05, 4.69) is 328 Å². The number of pyridine rings is 1. The molecule has 0 spiro atoms. The number of hydrogen-bond donors (Lipinski definition) is 0. The summed E-state index contributed by atoms with van der Waals surface area (Å²) in [6, 6.07) is 114. The predicted molar refractivity (Wildman–Crippen MR) is 601 cm³/mol. The van der Waals surface area contributed by atoms with Gasteiger partial charge in [-0.15, -0.1) is 0 Å². The maximum absolute atomic E-state index is 8.38. The molecule has 1 aliphatic carbocycles. The number of aromatic nitrogens is 1. The number of nitrogens with zero attached hydrogens (tertiary/aromatic N) is 1. The molecule has 0 saturated heterocycles. The first-order valence-electron chi connectivity index (χ1n) is 50.2. The molecule has 7 heterocycles. The molecule has 0 N–H and O–H groups in total. The van der Waals surface area contributed by atoms with Gasteiger partial charge in [-0.05, 0) is 287 Å². The molecule has 0 amide bonds. The number of halogens is 6. The molecule has 7 aromatic heterocycles. The molecule has 19 aromatic carbocycles. The maximum Gasteiger partial charge on any atom is 0.144 e. The van der Waals surface area contributed by atoms with Gasteiger partial charge in [-0.1, -0.05) is 355 Å². The fraction of sp³-hybridized carbons (Fsp3) is 0.0556. The van der Waals surface area contributed by atoms with Crippen molar-refractivity contribution in [2.45, 2.75) is 46.0 Å². The Morgan fingerprint density at radius 3 is 1.18 bits per heavy atom. The van der Waals surface area contributed by atoms with Gasteiger partial charge in [-0.2, -0.15) is 0 Å². The Balaban J connectivity index is 0.000000102. The minimum absolute atomic E-state index is 0.115. The summed E-state index contributed by atoms with van der Waals surface area (Å²) in [7, 11) is 0. The van der Waals surface area contributed by atoms with E-state index in [-0.39, 0.29) is 64.9 Å². The lowest BCUT2D eigenvalue weighted by Gasteiger charge is -2.19. The van der Waals surface area contributed by atoms with Crippen molar-refractivity contribution in [3.8, 4) is 89.0 Å². The van der Waals surface area contributed by atoms with Gasteiger partial charge in [0.05, 0.1) is 13.7 Å².